The lowest BCUT2D eigenvalue weighted by Crippen LogP contribution is -2.53. The van der Waals surface area contributed by atoms with Gasteiger partial charge in [-0.05, 0) is 52.9 Å². The molecule has 0 aromatic rings. The van der Waals surface area contributed by atoms with E-state index in [0.29, 0.717) is 0 Å². The Hall–Kier alpha value is -0.610. The van der Waals surface area contributed by atoms with Gasteiger partial charge in [-0.25, -0.2) is 0 Å². The predicted molar refractivity (Wildman–Crippen MR) is 66.4 cm³/mol. The third kappa shape index (κ3) is 3.46. The molecule has 0 spiro atoms. The van der Waals surface area contributed by atoms with Gasteiger partial charge in [0, 0.05) is 6.54 Å². The van der Waals surface area contributed by atoms with Crippen LogP contribution in [0.2, 0.25) is 0 Å². The van der Waals surface area contributed by atoms with E-state index in [0.717, 1.165) is 45.3 Å². The van der Waals surface area contributed by atoms with Crippen molar-refractivity contribution in [3.8, 4) is 0 Å². The Morgan fingerprint density at radius 2 is 2.25 bits per heavy atom. The van der Waals surface area contributed by atoms with Gasteiger partial charge in [0.2, 0.25) is 5.91 Å². The summed E-state index contributed by atoms with van der Waals surface area (Å²) in [5.41, 5.74) is -0.280. The molecule has 0 aromatic heterocycles. The molecule has 1 aliphatic heterocycles. The minimum atomic E-state index is -0.280. The second kappa shape index (κ2) is 6.21. The summed E-state index contributed by atoms with van der Waals surface area (Å²) in [6.07, 6.45) is 3.98. The van der Waals surface area contributed by atoms with Crippen molar-refractivity contribution in [2.24, 2.45) is 0 Å². The zero-order valence-electron chi connectivity index (χ0n) is 10.8. The zero-order valence-corrected chi connectivity index (χ0v) is 10.8. The monoisotopic (exact) mass is 227 g/mol. The van der Waals surface area contributed by atoms with Crippen LogP contribution in [0.5, 0.6) is 0 Å². The lowest BCUT2D eigenvalue weighted by Gasteiger charge is -2.26. The summed E-state index contributed by atoms with van der Waals surface area (Å²) in [6, 6.07) is 0. The molecule has 1 rings (SSSR count). The summed E-state index contributed by atoms with van der Waals surface area (Å²) < 4.78 is 0. The average molecular weight is 227 g/mol. The highest BCUT2D eigenvalue weighted by atomic mass is 16.2. The van der Waals surface area contributed by atoms with Gasteiger partial charge in [0.1, 0.15) is 0 Å². The van der Waals surface area contributed by atoms with Gasteiger partial charge in [0.05, 0.1) is 5.54 Å². The van der Waals surface area contributed by atoms with Crippen molar-refractivity contribution in [3.05, 3.63) is 0 Å². The Balaban J connectivity index is 2.28. The highest BCUT2D eigenvalue weighted by molar-refractivity contribution is 5.86. The molecule has 0 saturated carbocycles. The van der Waals surface area contributed by atoms with Crippen molar-refractivity contribution < 1.29 is 4.79 Å². The molecular formula is C12H25N3O. The summed E-state index contributed by atoms with van der Waals surface area (Å²) in [6.45, 7) is 4.85. The normalized spacial score (nSPS) is 25.0. The Morgan fingerprint density at radius 1 is 1.50 bits per heavy atom. The number of hydrogen-bond acceptors (Lipinski definition) is 3. The van der Waals surface area contributed by atoms with E-state index in [9.17, 15) is 4.79 Å². The molecule has 1 saturated heterocycles. The topological polar surface area (TPSA) is 44.4 Å². The number of nitrogens with one attached hydrogen (secondary N) is 2. The van der Waals surface area contributed by atoms with Crippen molar-refractivity contribution in [2.75, 3.05) is 33.7 Å². The molecule has 16 heavy (non-hydrogen) atoms. The van der Waals surface area contributed by atoms with Gasteiger partial charge in [-0.1, -0.05) is 6.92 Å². The molecule has 1 unspecified atom stereocenters. The van der Waals surface area contributed by atoms with Crippen molar-refractivity contribution in [2.45, 2.75) is 38.1 Å². The van der Waals surface area contributed by atoms with Crippen LogP contribution < -0.4 is 10.6 Å². The van der Waals surface area contributed by atoms with Crippen molar-refractivity contribution in [1.29, 1.82) is 0 Å². The number of amides is 1. The zero-order chi connectivity index (χ0) is 12.0. The molecule has 2 N–H and O–H groups in total. The highest BCUT2D eigenvalue weighted by Gasteiger charge is 2.38. The van der Waals surface area contributed by atoms with Crippen LogP contribution in [-0.2, 0) is 4.79 Å². The van der Waals surface area contributed by atoms with Crippen LogP contribution in [0.15, 0.2) is 0 Å². The van der Waals surface area contributed by atoms with Crippen LogP contribution in [-0.4, -0.2) is 50.1 Å². The van der Waals surface area contributed by atoms with E-state index in [1.807, 2.05) is 14.1 Å². The maximum atomic E-state index is 12.1. The fourth-order valence-corrected chi connectivity index (χ4v) is 2.23. The molecule has 4 nitrogen and oxygen atoms in total. The summed E-state index contributed by atoms with van der Waals surface area (Å²) >= 11 is 0. The first-order valence-corrected chi connectivity index (χ1v) is 6.29. The van der Waals surface area contributed by atoms with Crippen LogP contribution in [0, 0.1) is 0 Å². The van der Waals surface area contributed by atoms with Gasteiger partial charge < -0.3 is 15.5 Å². The minimum absolute atomic E-state index is 0.186. The molecule has 0 bridgehead atoms. The molecule has 0 radical (unpaired) electrons. The summed E-state index contributed by atoms with van der Waals surface area (Å²) in [4.78, 5) is 14.2. The standard InChI is InChI=1S/C12H25N3O/c1-4-12(7-5-9-14-12)11(16)13-8-6-10-15(2)3/h14H,4-10H2,1-3H3,(H,13,16). The van der Waals surface area contributed by atoms with Crippen molar-refractivity contribution >= 4 is 5.91 Å². The van der Waals surface area contributed by atoms with Gasteiger partial charge >= 0.3 is 0 Å². The number of carbonyl (C=O) groups is 1. The third-order valence-electron chi connectivity index (χ3n) is 3.35. The van der Waals surface area contributed by atoms with E-state index in [1.165, 1.54) is 0 Å². The average Bonchev–Trinajstić information content (AvgIpc) is 2.73. The molecule has 0 aromatic carbocycles. The summed E-state index contributed by atoms with van der Waals surface area (Å²) in [5.74, 6) is 0.186. The molecule has 1 aliphatic rings. The summed E-state index contributed by atoms with van der Waals surface area (Å²) in [7, 11) is 4.10. The van der Waals surface area contributed by atoms with Gasteiger partial charge in [-0.3, -0.25) is 4.79 Å². The Kier molecular flexibility index (Phi) is 5.22. The SMILES string of the molecule is CCC1(C(=O)NCCCN(C)C)CCCN1. The molecular weight excluding hydrogens is 202 g/mol. The second-order valence-corrected chi connectivity index (χ2v) is 4.88. The van der Waals surface area contributed by atoms with Crippen LogP contribution in [0.25, 0.3) is 0 Å². The van der Waals surface area contributed by atoms with E-state index in [-0.39, 0.29) is 11.4 Å². The number of carbonyl (C=O) groups excluding carboxylic acids is 1. The molecule has 94 valence electrons. The van der Waals surface area contributed by atoms with E-state index in [1.54, 1.807) is 0 Å². The van der Waals surface area contributed by atoms with Crippen molar-refractivity contribution in [3.63, 3.8) is 0 Å². The fourth-order valence-electron chi connectivity index (χ4n) is 2.23. The van der Waals surface area contributed by atoms with Crippen LogP contribution in [0.1, 0.15) is 32.6 Å². The summed E-state index contributed by atoms with van der Waals surface area (Å²) in [5, 5.41) is 6.39. The Bertz CT molecular complexity index is 222. The molecule has 1 fully saturated rings. The van der Waals surface area contributed by atoms with Crippen LogP contribution >= 0.6 is 0 Å². The van der Waals surface area contributed by atoms with Crippen molar-refractivity contribution in [1.82, 2.24) is 15.5 Å². The molecule has 1 atom stereocenters. The first kappa shape index (κ1) is 13.5. The smallest absolute Gasteiger partial charge is 0.240 e. The van der Waals surface area contributed by atoms with E-state index >= 15 is 0 Å². The van der Waals surface area contributed by atoms with Gasteiger partial charge in [0.15, 0.2) is 0 Å². The lowest BCUT2D eigenvalue weighted by molar-refractivity contribution is -0.127. The molecule has 1 heterocycles. The van der Waals surface area contributed by atoms with E-state index < -0.39 is 0 Å². The molecule has 4 heteroatoms. The van der Waals surface area contributed by atoms with Gasteiger partial charge in [-0.2, -0.15) is 0 Å². The van der Waals surface area contributed by atoms with E-state index in [2.05, 4.69) is 22.5 Å². The number of hydrogen-bond donors (Lipinski definition) is 2. The molecule has 1 amide bonds. The maximum absolute atomic E-state index is 12.1. The largest absolute Gasteiger partial charge is 0.354 e. The maximum Gasteiger partial charge on any atom is 0.240 e. The van der Waals surface area contributed by atoms with Gasteiger partial charge in [0.25, 0.3) is 0 Å². The Labute approximate surface area is 98.8 Å². The second-order valence-electron chi connectivity index (χ2n) is 4.88. The highest BCUT2D eigenvalue weighted by Crippen LogP contribution is 2.22. The van der Waals surface area contributed by atoms with Crippen LogP contribution in [0.3, 0.4) is 0 Å². The first-order valence-electron chi connectivity index (χ1n) is 6.29. The quantitative estimate of drug-likeness (QED) is 0.653. The molecule has 0 aliphatic carbocycles. The third-order valence-corrected chi connectivity index (χ3v) is 3.35. The first-order chi connectivity index (χ1) is 7.60. The van der Waals surface area contributed by atoms with Crippen LogP contribution in [0.4, 0.5) is 0 Å². The predicted octanol–water partition coefficient (Wildman–Crippen LogP) is 0.587. The number of rotatable bonds is 6. The Morgan fingerprint density at radius 3 is 2.75 bits per heavy atom. The number of nitrogens with zero attached hydrogens (tertiary/aromatic N) is 1. The lowest BCUT2D eigenvalue weighted by atomic mass is 9.93. The van der Waals surface area contributed by atoms with E-state index in [4.69, 9.17) is 0 Å². The van der Waals surface area contributed by atoms with Gasteiger partial charge in [-0.15, -0.1) is 0 Å². The minimum Gasteiger partial charge on any atom is -0.354 e. The fraction of sp³-hybridized carbons (Fsp3) is 0.917.